The summed E-state index contributed by atoms with van der Waals surface area (Å²) in [5.41, 5.74) is 21.1. The Balaban J connectivity index is 0.000000219. The predicted molar refractivity (Wildman–Crippen MR) is 652 cm³/mol. The molecule has 5 unspecified atom stereocenters. The van der Waals surface area contributed by atoms with Crippen molar-refractivity contribution in [2.45, 2.75) is 242 Å². The number of para-hydroxylation sites is 4. The summed E-state index contributed by atoms with van der Waals surface area (Å²) >= 11 is -2.78. The first kappa shape index (κ1) is 131. The van der Waals surface area contributed by atoms with E-state index in [1.807, 2.05) is 55.5 Å². The summed E-state index contributed by atoms with van der Waals surface area (Å²) in [4.78, 5) is 12.6. The van der Waals surface area contributed by atoms with Gasteiger partial charge in [0.1, 0.15) is 28.7 Å². The fourth-order valence-electron chi connectivity index (χ4n) is 18.7. The number of piperidine rings is 5. The summed E-state index contributed by atoms with van der Waals surface area (Å²) < 4.78 is 0. The molecule has 0 radical (unpaired) electrons. The average molecular weight is 2480 g/mol. The van der Waals surface area contributed by atoms with E-state index in [-0.39, 0.29) is 21.7 Å². The molecule has 5 aliphatic rings. The number of anilines is 5. The Labute approximate surface area is 986 Å². The van der Waals surface area contributed by atoms with E-state index in [1.54, 1.807) is 0 Å². The van der Waals surface area contributed by atoms with Crippen molar-refractivity contribution < 1.29 is 111 Å². The van der Waals surface area contributed by atoms with E-state index >= 15 is 0 Å². The minimum absolute atomic E-state index is 0.0481. The van der Waals surface area contributed by atoms with Crippen LogP contribution in [-0.4, -0.2) is 91.0 Å². The summed E-state index contributed by atoms with van der Waals surface area (Å²) in [6.07, 6.45) is 21.1. The average Bonchev–Trinajstić information content (AvgIpc) is 0.792. The van der Waals surface area contributed by atoms with Gasteiger partial charge in [-0.25, -0.2) is 0 Å². The van der Waals surface area contributed by atoms with Crippen LogP contribution in [0.3, 0.4) is 0 Å². The van der Waals surface area contributed by atoms with Gasteiger partial charge in [-0.1, -0.05) is 314 Å². The zero-order valence-corrected chi connectivity index (χ0v) is 110. The Morgan fingerprint density at radius 3 is 0.899 bits per heavy atom. The van der Waals surface area contributed by atoms with Gasteiger partial charge in [0.05, 0.1) is 0 Å². The van der Waals surface area contributed by atoms with Crippen LogP contribution in [0.2, 0.25) is 0 Å². The van der Waals surface area contributed by atoms with E-state index in [0.717, 1.165) is 127 Å². The third kappa shape index (κ3) is 44.4. The molecule has 12 aromatic carbocycles. The first-order valence-electron chi connectivity index (χ1n) is 51.4. The van der Waals surface area contributed by atoms with Gasteiger partial charge < -0.3 is 50.0 Å². The number of rotatable bonds is 19. The van der Waals surface area contributed by atoms with Crippen LogP contribution in [0.15, 0.2) is 243 Å². The van der Waals surface area contributed by atoms with Crippen LogP contribution in [-0.2, 0) is 120 Å². The molecule has 0 spiro atoms. The van der Waals surface area contributed by atoms with E-state index in [4.69, 9.17) is 93.0 Å². The standard InChI is InChI=1S/C26H38NOP.2C24H26NOP.C23H32NOP.C22H30NOP.10ClH.5Ti/c1-18-11-12-22(21(15-18)27-13-9-8-10-14-27)29-23-17-19(25(2,3)4)16-20(24(23)28)26(5,6)7;26-24-20(18-19-10-3-1-4-11-19)12-9-15-23(24)27-22-14-6-5-13-21(22)25-16-7-2-8-17-25;26-22-14-13-20(17-19-9-3-1-4-10-19)18-24(22)27-23-12-6-5-11-21(23)25-15-7-2-8-16-25;1-16-9-10-20(19(13-16)24-11-7-6-8-12-24)26-21-15-18(23(3,4)5)14-17(2)22(21)25;1-16-11-12-19(18(15-16)23-13-6-5-7-14-23)25-20-10-8-9-17(21(20)24)22(2,3)4;;;;;;;;;;;;;;;/h11-12,15-17,28-29H,8-10,13-14H2,1-7H3;1,3-6,9-15,26-27H,2,7-8,16-18H2;1,3-6,9-14,18,26-27H,2,7-8,15-17H2;9-10,13-15,25-26H,6-8,11-12H2,1-5H3;8-12,15,24-25H,5-7,13-14H2,1-4H3;10*1H;;;;;/q;;;;;;;;;;;;;;;5*+2/p-10. The van der Waals surface area contributed by atoms with E-state index in [9.17, 15) is 25.5 Å². The third-order valence-electron chi connectivity index (χ3n) is 26.6. The molecule has 12 aromatic rings. The quantitative estimate of drug-likeness (QED) is 0.0396. The molecule has 5 aliphatic heterocycles. The van der Waals surface area contributed by atoms with Crippen molar-refractivity contribution in [1.82, 2.24) is 0 Å². The molecule has 30 heteroatoms. The third-order valence-corrected chi connectivity index (χ3v) is 33.3. The van der Waals surface area contributed by atoms with Gasteiger partial charge in [0.15, 0.2) is 0 Å². The number of phenolic OH excluding ortho intramolecular Hbond substituents is 5. The second-order valence-corrected chi connectivity index (χ2v) is 61.6. The van der Waals surface area contributed by atoms with Crippen LogP contribution in [0.5, 0.6) is 28.7 Å². The number of aromatic hydroxyl groups is 5. The van der Waals surface area contributed by atoms with E-state index in [1.165, 1.54) is 196 Å². The van der Waals surface area contributed by atoms with Crippen molar-refractivity contribution in [2.75, 3.05) is 89.9 Å². The molecule has 0 aromatic heterocycles. The van der Waals surface area contributed by atoms with Gasteiger partial charge in [-0.2, -0.15) is 0 Å². The minimum atomic E-state index is -0.556. The molecule has 0 aliphatic carbocycles. The van der Waals surface area contributed by atoms with Gasteiger partial charge >= 0.3 is 178 Å². The van der Waals surface area contributed by atoms with Crippen LogP contribution in [0.1, 0.15) is 246 Å². The van der Waals surface area contributed by atoms with Gasteiger partial charge in [0, 0.05) is 159 Å². The molecular formula is C119H152Cl10N5O5P5Ti5. The van der Waals surface area contributed by atoms with Crippen molar-refractivity contribution in [3.05, 3.63) is 309 Å². The molecule has 798 valence electrons. The first-order chi connectivity index (χ1) is 71.3. The molecule has 0 amide bonds. The van der Waals surface area contributed by atoms with Gasteiger partial charge in [-0.3, -0.25) is 0 Å². The second kappa shape index (κ2) is 69.0. The molecule has 5 N–H and O–H groups in total. The molecule has 10 nitrogen and oxygen atoms in total. The number of hydrogen-bond acceptors (Lipinski definition) is 10. The van der Waals surface area contributed by atoms with Crippen molar-refractivity contribution >= 4 is 217 Å². The fourth-order valence-corrected chi connectivity index (χ4v) is 25.2. The van der Waals surface area contributed by atoms with Crippen molar-refractivity contribution in [1.29, 1.82) is 0 Å². The maximum absolute atomic E-state index is 11.2. The van der Waals surface area contributed by atoms with Crippen LogP contribution in [0, 0.1) is 27.7 Å². The second-order valence-electron chi connectivity index (χ2n) is 42.1. The van der Waals surface area contributed by atoms with Crippen LogP contribution < -0.4 is 77.5 Å². The Morgan fingerprint density at radius 1 is 0.235 bits per heavy atom. The number of hydrogen-bond donors (Lipinski definition) is 5. The predicted octanol–water partition coefficient (Wildman–Crippen LogP) is 31.5. The Morgan fingerprint density at radius 2 is 0.530 bits per heavy atom. The molecular weight excluding hydrogens is 2330 g/mol. The summed E-state index contributed by atoms with van der Waals surface area (Å²) in [7, 11) is 51.2. The van der Waals surface area contributed by atoms with Crippen LogP contribution in [0.25, 0.3) is 0 Å². The monoisotopic (exact) mass is 2480 g/mol. The van der Waals surface area contributed by atoms with E-state index in [2.05, 4.69) is 322 Å². The number of benzene rings is 12. The topological polar surface area (TPSA) is 117 Å². The van der Waals surface area contributed by atoms with Crippen LogP contribution in [0.4, 0.5) is 28.4 Å². The van der Waals surface area contributed by atoms with Gasteiger partial charge in [-0.05, 0) is 268 Å². The molecule has 5 saturated heterocycles. The fraction of sp³-hybridized carbons (Fsp3) is 0.395. The van der Waals surface area contributed by atoms with E-state index in [0.29, 0.717) is 71.7 Å². The summed E-state index contributed by atoms with van der Waals surface area (Å²) in [6, 6.07) is 85.8. The van der Waals surface area contributed by atoms with Crippen LogP contribution >= 0.6 is 136 Å². The normalized spacial score (nSPS) is 14.4. The number of nitrogens with zero attached hydrogens (tertiary/aromatic N) is 5. The zero-order valence-electron chi connectivity index (χ0n) is 89.4. The summed E-state index contributed by atoms with van der Waals surface area (Å²) in [5.74, 6) is 2.26. The molecule has 5 fully saturated rings. The summed E-state index contributed by atoms with van der Waals surface area (Å²) in [6.45, 7) is 46.4. The Bertz CT molecular complexity index is 5930. The zero-order chi connectivity index (χ0) is 109. The Hall–Kier alpha value is -2.74. The Kier molecular flexibility index (Phi) is 60.9. The maximum atomic E-state index is 11.2. The molecule has 5 heterocycles. The van der Waals surface area contributed by atoms with E-state index < -0.39 is 85.2 Å². The van der Waals surface area contributed by atoms with Gasteiger partial charge in [-0.15, -0.1) is 0 Å². The SMILES string of the molecule is Cc1ccc(Pc2cc(C(C)(C)C)cc(C(C)(C)C)c2O)c(N2CCCCC2)c1.Cc1ccc(Pc2cc(C(C)(C)C)cc(C)c2O)c(N2CCCCC2)c1.Cc1ccc(Pc2cccc(C(C)(C)C)c2O)c(N2CCCCC2)c1.Oc1c(Cc2ccccc2)cccc1Pc1ccccc1N1CCCCC1.Oc1ccc(Cc2ccccc2)cc1Pc1ccccc1N1CCCCC1.[Cl][Ti][Cl].[Cl][Ti][Cl].[Cl][Ti][Cl].[Cl][Ti][Cl].[Cl][Ti][Cl]. The molecule has 149 heavy (non-hydrogen) atoms. The summed E-state index contributed by atoms with van der Waals surface area (Å²) in [5, 5.41) is 66.1. The molecule has 5 atom stereocenters. The van der Waals surface area contributed by atoms with Gasteiger partial charge in [0.25, 0.3) is 0 Å². The molecule has 17 rings (SSSR count). The number of phenols is 5. The van der Waals surface area contributed by atoms with Gasteiger partial charge in [0.2, 0.25) is 0 Å². The number of aryl methyl sites for hydroxylation is 4. The number of halogens is 10. The molecule has 0 saturated carbocycles. The first-order valence-corrected chi connectivity index (χ1v) is 77.9. The van der Waals surface area contributed by atoms with Crippen molar-refractivity contribution in [2.24, 2.45) is 0 Å². The van der Waals surface area contributed by atoms with Crippen molar-refractivity contribution in [3.8, 4) is 28.7 Å². The van der Waals surface area contributed by atoms with Crippen molar-refractivity contribution in [3.63, 3.8) is 0 Å². The molecule has 0 bridgehead atoms.